The van der Waals surface area contributed by atoms with Crippen molar-refractivity contribution in [2.45, 2.75) is 284 Å². The predicted octanol–water partition coefficient (Wildman–Crippen LogP) is 16.6. The average Bonchev–Trinajstić information content (AvgIpc) is 3.05. The van der Waals surface area contributed by atoms with E-state index in [1.807, 2.05) is 0 Å². The van der Waals surface area contributed by atoms with Gasteiger partial charge in [-0.2, -0.15) is 0 Å². The van der Waals surface area contributed by atoms with Gasteiger partial charge in [-0.1, -0.05) is 246 Å². The van der Waals surface area contributed by atoms with Crippen LogP contribution in [0.5, 0.6) is 0 Å². The van der Waals surface area contributed by atoms with Gasteiger partial charge in [-0.3, -0.25) is 0 Å². The van der Waals surface area contributed by atoms with Gasteiger partial charge in [0.05, 0.1) is 12.2 Å². The van der Waals surface area contributed by atoms with E-state index < -0.39 is 0 Å². The molecule has 1 heteroatoms. The molecular formula is C44H90O. The topological polar surface area (TPSA) is 9.23 Å². The molecule has 2 unspecified atom stereocenters. The van der Waals surface area contributed by atoms with Gasteiger partial charge in [-0.05, 0) is 25.7 Å². The molecule has 0 aliphatic carbocycles. The SMILES string of the molecule is CCCCCCCCCCCC(CCCCCCCCCC)OC(CCCCCCCCCC)CCCCCCCCCCC. The minimum Gasteiger partial charge on any atom is -0.375 e. The van der Waals surface area contributed by atoms with E-state index >= 15 is 0 Å². The Morgan fingerprint density at radius 1 is 0.222 bits per heavy atom. The first-order valence-corrected chi connectivity index (χ1v) is 21.9. The van der Waals surface area contributed by atoms with Gasteiger partial charge in [0.2, 0.25) is 0 Å². The maximum absolute atomic E-state index is 7.11. The first-order valence-electron chi connectivity index (χ1n) is 21.9. The molecule has 0 N–H and O–H groups in total. The van der Waals surface area contributed by atoms with E-state index in [0.717, 1.165) is 0 Å². The molecule has 1 nitrogen and oxygen atoms in total. The van der Waals surface area contributed by atoms with Crippen LogP contribution in [0.15, 0.2) is 0 Å². The lowest BCUT2D eigenvalue weighted by Crippen LogP contribution is -2.23. The summed E-state index contributed by atoms with van der Waals surface area (Å²) in [5.41, 5.74) is 0. The molecule has 0 rings (SSSR count). The Kier molecular flexibility index (Phi) is 40.1. The zero-order valence-corrected chi connectivity index (χ0v) is 32.4. The predicted molar refractivity (Wildman–Crippen MR) is 207 cm³/mol. The Hall–Kier alpha value is -0.0400. The summed E-state index contributed by atoms with van der Waals surface area (Å²) in [6.45, 7) is 9.29. The van der Waals surface area contributed by atoms with Crippen LogP contribution in [0.1, 0.15) is 272 Å². The normalized spacial score (nSPS) is 13.1. The maximum Gasteiger partial charge on any atom is 0.0578 e. The van der Waals surface area contributed by atoms with Crippen molar-refractivity contribution in [3.05, 3.63) is 0 Å². The highest BCUT2D eigenvalue weighted by molar-refractivity contribution is 4.67. The van der Waals surface area contributed by atoms with Gasteiger partial charge >= 0.3 is 0 Å². The Morgan fingerprint density at radius 3 is 0.556 bits per heavy atom. The molecule has 0 amide bonds. The van der Waals surface area contributed by atoms with Gasteiger partial charge in [0, 0.05) is 0 Å². The zero-order chi connectivity index (χ0) is 32.7. The van der Waals surface area contributed by atoms with Crippen molar-refractivity contribution in [3.63, 3.8) is 0 Å². The summed E-state index contributed by atoms with van der Waals surface area (Å²) in [6, 6.07) is 0. The lowest BCUT2D eigenvalue weighted by Gasteiger charge is -2.26. The summed E-state index contributed by atoms with van der Waals surface area (Å²) in [5, 5.41) is 0. The number of ether oxygens (including phenoxy) is 1. The van der Waals surface area contributed by atoms with E-state index in [1.54, 1.807) is 0 Å². The molecule has 0 saturated heterocycles. The Morgan fingerprint density at radius 2 is 0.378 bits per heavy atom. The van der Waals surface area contributed by atoms with Crippen molar-refractivity contribution in [1.29, 1.82) is 0 Å². The number of hydrogen-bond acceptors (Lipinski definition) is 1. The highest BCUT2D eigenvalue weighted by Gasteiger charge is 2.17. The maximum atomic E-state index is 7.11. The molecule has 2 atom stereocenters. The largest absolute Gasteiger partial charge is 0.375 e. The molecule has 0 saturated carbocycles. The Labute approximate surface area is 288 Å². The van der Waals surface area contributed by atoms with Crippen LogP contribution in [0.25, 0.3) is 0 Å². The molecule has 0 aliphatic heterocycles. The van der Waals surface area contributed by atoms with Crippen LogP contribution < -0.4 is 0 Å². The van der Waals surface area contributed by atoms with E-state index in [2.05, 4.69) is 27.7 Å². The van der Waals surface area contributed by atoms with Crippen LogP contribution in [-0.2, 0) is 4.74 Å². The molecule has 272 valence electrons. The van der Waals surface area contributed by atoms with Crippen LogP contribution in [0.2, 0.25) is 0 Å². The van der Waals surface area contributed by atoms with Gasteiger partial charge in [0.25, 0.3) is 0 Å². The van der Waals surface area contributed by atoms with Crippen molar-refractivity contribution in [1.82, 2.24) is 0 Å². The molecule has 0 heterocycles. The highest BCUT2D eigenvalue weighted by atomic mass is 16.5. The van der Waals surface area contributed by atoms with Gasteiger partial charge < -0.3 is 4.74 Å². The van der Waals surface area contributed by atoms with Crippen LogP contribution >= 0.6 is 0 Å². The lowest BCUT2D eigenvalue weighted by atomic mass is 9.99. The Bertz CT molecular complexity index is 457. The smallest absolute Gasteiger partial charge is 0.0578 e. The second-order valence-corrected chi connectivity index (χ2v) is 15.1. The fraction of sp³-hybridized carbons (Fsp3) is 1.00. The van der Waals surface area contributed by atoms with Gasteiger partial charge in [-0.15, -0.1) is 0 Å². The minimum absolute atomic E-state index is 0.521. The second-order valence-electron chi connectivity index (χ2n) is 15.1. The fourth-order valence-corrected chi connectivity index (χ4v) is 7.21. The summed E-state index contributed by atoms with van der Waals surface area (Å²) in [7, 11) is 0. The van der Waals surface area contributed by atoms with Crippen molar-refractivity contribution >= 4 is 0 Å². The Balaban J connectivity index is 4.69. The van der Waals surface area contributed by atoms with Gasteiger partial charge in [-0.25, -0.2) is 0 Å². The lowest BCUT2D eigenvalue weighted by molar-refractivity contribution is -0.0324. The van der Waals surface area contributed by atoms with Crippen LogP contribution in [-0.4, -0.2) is 12.2 Å². The number of rotatable bonds is 40. The summed E-state index contributed by atoms with van der Waals surface area (Å²) >= 11 is 0. The summed E-state index contributed by atoms with van der Waals surface area (Å²) in [5.74, 6) is 0. The molecule has 0 aliphatic rings. The summed E-state index contributed by atoms with van der Waals surface area (Å²) < 4.78 is 7.11. The molecule has 0 fully saturated rings. The molecule has 0 aromatic heterocycles. The first-order chi connectivity index (χ1) is 22.3. The minimum atomic E-state index is 0.521. The van der Waals surface area contributed by atoms with Crippen molar-refractivity contribution in [2.75, 3.05) is 0 Å². The van der Waals surface area contributed by atoms with Crippen molar-refractivity contribution in [2.24, 2.45) is 0 Å². The average molecular weight is 635 g/mol. The second kappa shape index (κ2) is 40.1. The first kappa shape index (κ1) is 45.0. The zero-order valence-electron chi connectivity index (χ0n) is 32.4. The molecule has 0 radical (unpaired) electrons. The van der Waals surface area contributed by atoms with E-state index in [4.69, 9.17) is 4.74 Å². The van der Waals surface area contributed by atoms with Crippen LogP contribution in [0.3, 0.4) is 0 Å². The van der Waals surface area contributed by atoms with E-state index in [-0.39, 0.29) is 0 Å². The third-order valence-electron chi connectivity index (χ3n) is 10.4. The quantitative estimate of drug-likeness (QED) is 0.0609. The summed E-state index contributed by atoms with van der Waals surface area (Å²) in [6.07, 6.45) is 54.8. The molecular weight excluding hydrogens is 544 g/mol. The third-order valence-corrected chi connectivity index (χ3v) is 10.4. The molecule has 45 heavy (non-hydrogen) atoms. The van der Waals surface area contributed by atoms with Crippen LogP contribution in [0.4, 0.5) is 0 Å². The van der Waals surface area contributed by atoms with Gasteiger partial charge in [0.15, 0.2) is 0 Å². The van der Waals surface area contributed by atoms with E-state index in [1.165, 1.54) is 244 Å². The monoisotopic (exact) mass is 635 g/mol. The molecule has 0 aromatic carbocycles. The molecule has 0 aromatic rings. The molecule has 0 bridgehead atoms. The third kappa shape index (κ3) is 36.6. The fourth-order valence-electron chi connectivity index (χ4n) is 7.21. The van der Waals surface area contributed by atoms with Crippen molar-refractivity contribution < 1.29 is 4.74 Å². The molecule has 0 spiro atoms. The van der Waals surface area contributed by atoms with Gasteiger partial charge in [0.1, 0.15) is 0 Å². The van der Waals surface area contributed by atoms with E-state index in [0.29, 0.717) is 12.2 Å². The number of unbranched alkanes of at least 4 members (excludes halogenated alkanes) is 30. The van der Waals surface area contributed by atoms with E-state index in [9.17, 15) is 0 Å². The van der Waals surface area contributed by atoms with Crippen molar-refractivity contribution in [3.8, 4) is 0 Å². The standard InChI is InChI=1S/C44H90O/c1-5-9-13-17-21-25-29-33-37-41-43(39-35-31-27-23-19-15-11-7-3)45-44(40-36-32-28-24-20-16-12-8-4)42-38-34-30-26-22-18-14-10-6-2/h43-44H,5-42H2,1-4H3. The number of hydrogen-bond donors (Lipinski definition) is 0. The summed E-state index contributed by atoms with van der Waals surface area (Å²) in [4.78, 5) is 0. The highest BCUT2D eigenvalue weighted by Crippen LogP contribution is 2.24. The van der Waals surface area contributed by atoms with Crippen LogP contribution in [0, 0.1) is 0 Å².